The lowest BCUT2D eigenvalue weighted by Crippen LogP contribution is -2.43. The van der Waals surface area contributed by atoms with Crippen LogP contribution in [0.1, 0.15) is 24.2 Å². The summed E-state index contributed by atoms with van der Waals surface area (Å²) in [5.74, 6) is -0.205. The Hall–Kier alpha value is -2.93. The number of Topliss-reactive ketones (excluding diaryl/α,β-unsaturated/α-hetero) is 1. The van der Waals surface area contributed by atoms with E-state index in [2.05, 4.69) is 17.1 Å². The highest BCUT2D eigenvalue weighted by molar-refractivity contribution is 5.95. The Morgan fingerprint density at radius 3 is 2.62 bits per heavy atom. The molecule has 3 rings (SSSR count). The zero-order valence-corrected chi connectivity index (χ0v) is 14.8. The number of hydrogen-bond acceptors (Lipinski definition) is 6. The van der Waals surface area contributed by atoms with Gasteiger partial charge < -0.3 is 15.0 Å². The van der Waals surface area contributed by atoms with Crippen LogP contribution in [0.4, 0.5) is 22.7 Å². The minimum Gasteiger partial charge on any atom is -0.377 e. The van der Waals surface area contributed by atoms with E-state index in [-0.39, 0.29) is 11.5 Å². The predicted molar refractivity (Wildman–Crippen MR) is 100 cm³/mol. The lowest BCUT2D eigenvalue weighted by molar-refractivity contribution is -0.383. The molecule has 0 amide bonds. The fourth-order valence-electron chi connectivity index (χ4n) is 3.01. The fourth-order valence-corrected chi connectivity index (χ4v) is 3.01. The van der Waals surface area contributed by atoms with Gasteiger partial charge in [-0.25, -0.2) is 0 Å². The largest absolute Gasteiger partial charge is 0.377 e. The molecule has 2 aromatic carbocycles. The standard InChI is InChI=1S/C19H21N3O4/c1-13-12-26-10-9-21(13)17-6-4-16(5-7-17)20-18-8-3-15(14(2)23)11-19(18)22(24)25/h3-8,11,13,20H,9-10,12H2,1-2H3. The van der Waals surface area contributed by atoms with E-state index in [0.29, 0.717) is 30.5 Å². The molecule has 0 aromatic heterocycles. The second-order valence-electron chi connectivity index (χ2n) is 6.33. The highest BCUT2D eigenvalue weighted by Crippen LogP contribution is 2.30. The number of ketones is 1. The molecule has 1 saturated heterocycles. The zero-order valence-electron chi connectivity index (χ0n) is 14.8. The number of carbonyl (C=O) groups is 1. The van der Waals surface area contributed by atoms with E-state index < -0.39 is 4.92 Å². The first kappa shape index (κ1) is 17.9. The van der Waals surface area contributed by atoms with Crippen LogP contribution in [0, 0.1) is 10.1 Å². The number of nitrogens with one attached hydrogen (secondary N) is 1. The Labute approximate surface area is 151 Å². The molecule has 0 bridgehead atoms. The first-order chi connectivity index (χ1) is 12.5. The first-order valence-electron chi connectivity index (χ1n) is 8.46. The molecule has 1 atom stereocenters. The van der Waals surface area contributed by atoms with Gasteiger partial charge in [-0.15, -0.1) is 0 Å². The van der Waals surface area contributed by atoms with Crippen molar-refractivity contribution in [2.24, 2.45) is 0 Å². The maximum absolute atomic E-state index is 11.4. The molecule has 136 valence electrons. The molecule has 0 radical (unpaired) electrons. The molecule has 2 aromatic rings. The lowest BCUT2D eigenvalue weighted by Gasteiger charge is -2.35. The van der Waals surface area contributed by atoms with Crippen LogP contribution in [0.25, 0.3) is 0 Å². The summed E-state index contributed by atoms with van der Waals surface area (Å²) >= 11 is 0. The van der Waals surface area contributed by atoms with Crippen molar-refractivity contribution in [3.63, 3.8) is 0 Å². The Morgan fingerprint density at radius 2 is 2.00 bits per heavy atom. The van der Waals surface area contributed by atoms with Gasteiger partial charge in [-0.3, -0.25) is 14.9 Å². The summed E-state index contributed by atoms with van der Waals surface area (Å²) < 4.78 is 5.46. The fraction of sp³-hybridized carbons (Fsp3) is 0.316. The second-order valence-corrected chi connectivity index (χ2v) is 6.33. The minimum absolute atomic E-state index is 0.122. The van der Waals surface area contributed by atoms with E-state index >= 15 is 0 Å². The van der Waals surface area contributed by atoms with Crippen molar-refractivity contribution in [3.05, 3.63) is 58.1 Å². The SMILES string of the molecule is CC(=O)c1ccc(Nc2ccc(N3CCOCC3C)cc2)c([N+](=O)[O-])c1. The Balaban J connectivity index is 1.81. The van der Waals surface area contributed by atoms with Crippen LogP contribution < -0.4 is 10.2 Å². The van der Waals surface area contributed by atoms with Crippen LogP contribution in [-0.4, -0.2) is 36.5 Å². The van der Waals surface area contributed by atoms with Gasteiger partial charge in [0.1, 0.15) is 5.69 Å². The van der Waals surface area contributed by atoms with Gasteiger partial charge in [0, 0.05) is 35.6 Å². The van der Waals surface area contributed by atoms with Crippen LogP contribution in [0.2, 0.25) is 0 Å². The summed E-state index contributed by atoms with van der Waals surface area (Å²) in [6, 6.07) is 12.5. The highest BCUT2D eigenvalue weighted by Gasteiger charge is 2.19. The van der Waals surface area contributed by atoms with Crippen molar-refractivity contribution in [1.82, 2.24) is 0 Å². The number of rotatable bonds is 5. The first-order valence-corrected chi connectivity index (χ1v) is 8.46. The van der Waals surface area contributed by atoms with E-state index in [9.17, 15) is 14.9 Å². The second kappa shape index (κ2) is 7.53. The van der Waals surface area contributed by atoms with Crippen molar-refractivity contribution in [2.75, 3.05) is 30.0 Å². The summed E-state index contributed by atoms with van der Waals surface area (Å²) in [5, 5.41) is 14.4. The Bertz CT molecular complexity index is 820. The quantitative estimate of drug-likeness (QED) is 0.499. The van der Waals surface area contributed by atoms with Gasteiger partial charge in [-0.05, 0) is 50.2 Å². The van der Waals surface area contributed by atoms with Crippen LogP contribution >= 0.6 is 0 Å². The normalized spacial score (nSPS) is 17.0. The van der Waals surface area contributed by atoms with Gasteiger partial charge in [0.2, 0.25) is 0 Å². The third-order valence-electron chi connectivity index (χ3n) is 4.45. The molecule has 7 heteroatoms. The average molecular weight is 355 g/mol. The average Bonchev–Trinajstić information content (AvgIpc) is 2.63. The van der Waals surface area contributed by atoms with Crippen LogP contribution in [-0.2, 0) is 4.74 Å². The van der Waals surface area contributed by atoms with Crippen molar-refractivity contribution in [2.45, 2.75) is 19.9 Å². The van der Waals surface area contributed by atoms with E-state index in [0.717, 1.165) is 17.9 Å². The summed E-state index contributed by atoms with van der Waals surface area (Å²) in [6.07, 6.45) is 0. The summed E-state index contributed by atoms with van der Waals surface area (Å²) in [4.78, 5) is 24.6. The topological polar surface area (TPSA) is 84.7 Å². The minimum atomic E-state index is -0.488. The number of benzene rings is 2. The van der Waals surface area contributed by atoms with Crippen LogP contribution in [0.3, 0.4) is 0 Å². The van der Waals surface area contributed by atoms with Gasteiger partial charge in [-0.1, -0.05) is 0 Å². The number of carbonyl (C=O) groups excluding carboxylic acids is 1. The number of ether oxygens (including phenoxy) is 1. The summed E-state index contributed by atoms with van der Waals surface area (Å²) in [5.41, 5.74) is 2.39. The molecular formula is C19H21N3O4. The third kappa shape index (κ3) is 3.83. The van der Waals surface area contributed by atoms with Crippen molar-refractivity contribution < 1.29 is 14.5 Å². The monoisotopic (exact) mass is 355 g/mol. The maximum Gasteiger partial charge on any atom is 0.293 e. The molecule has 0 saturated carbocycles. The number of nitrogens with zero attached hydrogens (tertiary/aromatic N) is 2. The predicted octanol–water partition coefficient (Wildman–Crippen LogP) is 3.77. The zero-order chi connectivity index (χ0) is 18.7. The molecule has 26 heavy (non-hydrogen) atoms. The van der Waals surface area contributed by atoms with E-state index in [1.165, 1.54) is 13.0 Å². The molecule has 7 nitrogen and oxygen atoms in total. The number of hydrogen-bond donors (Lipinski definition) is 1. The molecular weight excluding hydrogens is 334 g/mol. The summed E-state index contributed by atoms with van der Waals surface area (Å²) in [6.45, 7) is 5.75. The molecule has 1 fully saturated rings. The van der Waals surface area contributed by atoms with E-state index in [4.69, 9.17) is 4.74 Å². The molecule has 0 aliphatic carbocycles. The molecule has 1 unspecified atom stereocenters. The van der Waals surface area contributed by atoms with Gasteiger partial charge in [0.25, 0.3) is 5.69 Å². The smallest absolute Gasteiger partial charge is 0.293 e. The van der Waals surface area contributed by atoms with E-state index in [1.54, 1.807) is 12.1 Å². The Kier molecular flexibility index (Phi) is 5.18. The molecule has 1 N–H and O–H groups in total. The highest BCUT2D eigenvalue weighted by atomic mass is 16.6. The molecule has 1 aliphatic heterocycles. The van der Waals surface area contributed by atoms with Gasteiger partial charge in [0.05, 0.1) is 18.1 Å². The Morgan fingerprint density at radius 1 is 1.27 bits per heavy atom. The van der Waals surface area contributed by atoms with Crippen molar-refractivity contribution in [3.8, 4) is 0 Å². The molecule has 0 spiro atoms. The van der Waals surface area contributed by atoms with Gasteiger partial charge in [-0.2, -0.15) is 0 Å². The van der Waals surface area contributed by atoms with E-state index in [1.807, 2.05) is 24.3 Å². The number of morpholine rings is 1. The molecule has 1 heterocycles. The van der Waals surface area contributed by atoms with Gasteiger partial charge >= 0.3 is 0 Å². The number of anilines is 3. The number of nitro groups is 1. The summed E-state index contributed by atoms with van der Waals surface area (Å²) in [7, 11) is 0. The van der Waals surface area contributed by atoms with Crippen LogP contribution in [0.5, 0.6) is 0 Å². The van der Waals surface area contributed by atoms with Gasteiger partial charge in [0.15, 0.2) is 5.78 Å². The molecule has 1 aliphatic rings. The van der Waals surface area contributed by atoms with Crippen molar-refractivity contribution in [1.29, 1.82) is 0 Å². The van der Waals surface area contributed by atoms with Crippen molar-refractivity contribution >= 4 is 28.5 Å². The van der Waals surface area contributed by atoms with Crippen LogP contribution in [0.15, 0.2) is 42.5 Å². The third-order valence-corrected chi connectivity index (χ3v) is 4.45. The number of nitro benzene ring substituents is 1. The lowest BCUT2D eigenvalue weighted by atomic mass is 10.1. The maximum atomic E-state index is 11.4.